The second kappa shape index (κ2) is 9.08. The van der Waals surface area contributed by atoms with E-state index in [0.29, 0.717) is 39.3 Å². The molecule has 2 aromatic carbocycles. The van der Waals surface area contributed by atoms with Crippen molar-refractivity contribution in [2.75, 3.05) is 12.5 Å². The Labute approximate surface area is 182 Å². The number of hydrogen-bond donors (Lipinski definition) is 1. The zero-order chi connectivity index (χ0) is 20.9. The van der Waals surface area contributed by atoms with Crippen molar-refractivity contribution >= 4 is 29.3 Å². The van der Waals surface area contributed by atoms with Gasteiger partial charge in [-0.15, -0.1) is 0 Å². The first-order valence-corrected chi connectivity index (χ1v) is 10.4. The third-order valence-electron chi connectivity index (χ3n) is 4.37. The quantitative estimate of drug-likeness (QED) is 0.575. The number of ether oxygens (including phenoxy) is 2. The van der Waals surface area contributed by atoms with E-state index in [1.54, 1.807) is 24.3 Å². The van der Waals surface area contributed by atoms with E-state index >= 15 is 0 Å². The molecule has 0 saturated carbocycles. The summed E-state index contributed by atoms with van der Waals surface area (Å²) in [4.78, 5) is 16.8. The summed E-state index contributed by atoms with van der Waals surface area (Å²) in [5.41, 5.74) is 2.87. The van der Waals surface area contributed by atoms with Crippen molar-refractivity contribution in [3.05, 3.63) is 70.7 Å². The topological polar surface area (TPSA) is 84.2 Å². The molecule has 0 aliphatic carbocycles. The van der Waals surface area contributed by atoms with E-state index < -0.39 is 0 Å². The van der Waals surface area contributed by atoms with E-state index in [0.717, 1.165) is 11.1 Å². The minimum atomic E-state index is -0.154. The number of hydrogen-bond acceptors (Lipinski definition) is 6. The average Bonchev–Trinajstić information content (AvgIpc) is 3.24. The van der Waals surface area contributed by atoms with Crippen LogP contribution in [-0.2, 0) is 11.3 Å². The van der Waals surface area contributed by atoms with Crippen LogP contribution in [0.2, 0.25) is 5.02 Å². The molecule has 1 N–H and O–H groups in total. The highest BCUT2D eigenvalue weighted by atomic mass is 35.5. The maximum absolute atomic E-state index is 12.3. The number of nitrogens with zero attached hydrogens (tertiary/aromatic N) is 2. The van der Waals surface area contributed by atoms with E-state index in [2.05, 4.69) is 16.4 Å². The summed E-state index contributed by atoms with van der Waals surface area (Å²) in [6.45, 7) is 0.584. The molecule has 0 radical (unpaired) electrons. The number of nitrogens with one attached hydrogen (secondary N) is 1. The SMILES string of the molecule is N#Cc1ccc(-c2ccc3c(c2)OCO3)nc1SCC(=O)NCc1cccc(Cl)c1. The van der Waals surface area contributed by atoms with Crippen LogP contribution in [0.3, 0.4) is 0 Å². The maximum Gasteiger partial charge on any atom is 0.231 e. The Bertz CT molecular complexity index is 1150. The Balaban J connectivity index is 1.43. The zero-order valence-electron chi connectivity index (χ0n) is 15.7. The van der Waals surface area contributed by atoms with Crippen LogP contribution in [0.25, 0.3) is 11.3 Å². The molecule has 0 bridgehead atoms. The number of aromatic nitrogens is 1. The summed E-state index contributed by atoms with van der Waals surface area (Å²) in [5.74, 6) is 1.35. The highest BCUT2D eigenvalue weighted by Crippen LogP contribution is 2.36. The number of fused-ring (bicyclic) bond motifs is 1. The first-order chi connectivity index (χ1) is 14.6. The zero-order valence-corrected chi connectivity index (χ0v) is 17.3. The van der Waals surface area contributed by atoms with Crippen LogP contribution >= 0.6 is 23.4 Å². The lowest BCUT2D eigenvalue weighted by atomic mass is 10.1. The van der Waals surface area contributed by atoms with Gasteiger partial charge in [0.15, 0.2) is 11.5 Å². The summed E-state index contributed by atoms with van der Waals surface area (Å²) in [6, 6.07) is 18.5. The fourth-order valence-electron chi connectivity index (χ4n) is 2.88. The van der Waals surface area contributed by atoms with Gasteiger partial charge in [-0.1, -0.05) is 35.5 Å². The van der Waals surface area contributed by atoms with Crippen LogP contribution in [0.1, 0.15) is 11.1 Å². The molecule has 30 heavy (non-hydrogen) atoms. The molecule has 1 amide bonds. The van der Waals surface area contributed by atoms with Gasteiger partial charge in [-0.25, -0.2) is 4.98 Å². The number of carbonyl (C=O) groups is 1. The molecular formula is C22H16ClN3O3S. The molecule has 6 nitrogen and oxygen atoms in total. The number of rotatable bonds is 6. The molecule has 2 heterocycles. The number of thioether (sulfide) groups is 1. The first kappa shape index (κ1) is 20.1. The van der Waals surface area contributed by atoms with Crippen LogP contribution in [0.4, 0.5) is 0 Å². The van der Waals surface area contributed by atoms with Crippen molar-refractivity contribution in [1.82, 2.24) is 10.3 Å². The molecule has 4 rings (SSSR count). The van der Waals surface area contributed by atoms with Gasteiger partial charge in [0.25, 0.3) is 0 Å². The van der Waals surface area contributed by atoms with Gasteiger partial charge < -0.3 is 14.8 Å². The molecule has 0 atom stereocenters. The molecule has 1 aliphatic heterocycles. The van der Waals surface area contributed by atoms with Crippen molar-refractivity contribution in [2.45, 2.75) is 11.6 Å². The molecule has 0 spiro atoms. The first-order valence-electron chi connectivity index (χ1n) is 9.07. The minimum Gasteiger partial charge on any atom is -0.454 e. The average molecular weight is 438 g/mol. The molecular weight excluding hydrogens is 422 g/mol. The van der Waals surface area contributed by atoms with Gasteiger partial charge >= 0.3 is 0 Å². The Kier molecular flexibility index (Phi) is 6.07. The molecule has 1 aliphatic rings. The second-order valence-electron chi connectivity index (χ2n) is 6.42. The fourth-order valence-corrected chi connectivity index (χ4v) is 3.90. The third kappa shape index (κ3) is 4.67. The number of benzene rings is 2. The van der Waals surface area contributed by atoms with E-state index in [1.807, 2.05) is 30.3 Å². The van der Waals surface area contributed by atoms with E-state index in [4.69, 9.17) is 21.1 Å². The molecule has 150 valence electrons. The van der Waals surface area contributed by atoms with Crippen LogP contribution in [0.5, 0.6) is 11.5 Å². The molecule has 1 aromatic heterocycles. The summed E-state index contributed by atoms with van der Waals surface area (Å²) in [5, 5.41) is 13.4. The molecule has 8 heteroatoms. The Morgan fingerprint density at radius 2 is 2.03 bits per heavy atom. The van der Waals surface area contributed by atoms with Crippen LogP contribution < -0.4 is 14.8 Å². The lowest BCUT2D eigenvalue weighted by molar-refractivity contribution is -0.118. The lowest BCUT2D eigenvalue weighted by Crippen LogP contribution is -2.24. The number of halogens is 1. The largest absolute Gasteiger partial charge is 0.454 e. The van der Waals surface area contributed by atoms with Gasteiger partial charge in [-0.05, 0) is 48.0 Å². The van der Waals surface area contributed by atoms with Gasteiger partial charge in [0.1, 0.15) is 11.1 Å². The van der Waals surface area contributed by atoms with Gasteiger partial charge in [-0.2, -0.15) is 5.26 Å². The summed E-state index contributed by atoms with van der Waals surface area (Å²) >= 11 is 7.19. The standard InChI is InChI=1S/C22H16ClN3O3S/c23-17-3-1-2-14(8-17)11-25-21(27)12-30-22-16(10-24)4-6-18(26-22)15-5-7-19-20(9-15)29-13-28-19/h1-9H,11-13H2,(H,25,27). The molecule has 3 aromatic rings. The Morgan fingerprint density at radius 1 is 1.17 bits per heavy atom. The highest BCUT2D eigenvalue weighted by molar-refractivity contribution is 8.00. The number of pyridine rings is 1. The highest BCUT2D eigenvalue weighted by Gasteiger charge is 2.16. The maximum atomic E-state index is 12.3. The smallest absolute Gasteiger partial charge is 0.231 e. The van der Waals surface area contributed by atoms with Gasteiger partial charge in [0.2, 0.25) is 12.7 Å². The summed E-state index contributed by atoms with van der Waals surface area (Å²) < 4.78 is 10.8. The van der Waals surface area contributed by atoms with Crippen LogP contribution in [0.15, 0.2) is 59.6 Å². The second-order valence-corrected chi connectivity index (χ2v) is 7.82. The van der Waals surface area contributed by atoms with Crippen molar-refractivity contribution in [1.29, 1.82) is 5.26 Å². The Hall–Kier alpha value is -3.21. The van der Waals surface area contributed by atoms with Crippen molar-refractivity contribution in [2.24, 2.45) is 0 Å². The van der Waals surface area contributed by atoms with Gasteiger partial charge in [0.05, 0.1) is 17.0 Å². The van der Waals surface area contributed by atoms with E-state index in [-0.39, 0.29) is 18.5 Å². The number of carbonyl (C=O) groups excluding carboxylic acids is 1. The minimum absolute atomic E-state index is 0.146. The van der Waals surface area contributed by atoms with Crippen molar-refractivity contribution in [3.8, 4) is 28.8 Å². The fraction of sp³-hybridized carbons (Fsp3) is 0.136. The lowest BCUT2D eigenvalue weighted by Gasteiger charge is -2.08. The molecule has 0 unspecified atom stereocenters. The number of nitriles is 1. The monoisotopic (exact) mass is 437 g/mol. The normalized spacial score (nSPS) is 11.7. The Morgan fingerprint density at radius 3 is 2.87 bits per heavy atom. The van der Waals surface area contributed by atoms with E-state index in [1.165, 1.54) is 11.8 Å². The number of amides is 1. The van der Waals surface area contributed by atoms with Crippen molar-refractivity contribution in [3.63, 3.8) is 0 Å². The van der Waals surface area contributed by atoms with E-state index in [9.17, 15) is 10.1 Å². The third-order valence-corrected chi connectivity index (χ3v) is 5.59. The predicted octanol–water partition coefficient (Wildman–Crippen LogP) is 4.41. The molecule has 0 fully saturated rings. The van der Waals surface area contributed by atoms with Gasteiger partial charge in [-0.3, -0.25) is 4.79 Å². The van der Waals surface area contributed by atoms with Gasteiger partial charge in [0, 0.05) is 17.1 Å². The predicted molar refractivity (Wildman–Crippen MR) is 115 cm³/mol. The molecule has 0 saturated heterocycles. The van der Waals surface area contributed by atoms with Crippen LogP contribution in [0, 0.1) is 11.3 Å². The van der Waals surface area contributed by atoms with Crippen molar-refractivity contribution < 1.29 is 14.3 Å². The summed E-state index contributed by atoms with van der Waals surface area (Å²) in [7, 11) is 0. The summed E-state index contributed by atoms with van der Waals surface area (Å²) in [6.07, 6.45) is 0. The van der Waals surface area contributed by atoms with Crippen LogP contribution in [-0.4, -0.2) is 23.4 Å².